The van der Waals surface area contributed by atoms with Crippen molar-refractivity contribution in [2.24, 2.45) is 0 Å². The van der Waals surface area contributed by atoms with Gasteiger partial charge in [0, 0.05) is 0 Å². The van der Waals surface area contributed by atoms with E-state index in [4.69, 9.17) is 0 Å². The van der Waals surface area contributed by atoms with E-state index in [9.17, 15) is 0 Å². The molecule has 0 N–H and O–H groups in total. The molecule has 0 amide bonds. The van der Waals surface area contributed by atoms with Crippen LogP contribution in [0.2, 0.25) is 0 Å². The molecule has 1 aliphatic rings. The van der Waals surface area contributed by atoms with Gasteiger partial charge in [-0.1, -0.05) is 61.4 Å². The molecule has 0 heteroatoms. The molecule has 0 heterocycles. The molecule has 0 bridgehead atoms. The predicted molar refractivity (Wildman–Crippen MR) is 79.6 cm³/mol. The Morgan fingerprint density at radius 1 is 0.722 bits per heavy atom. The SMILES string of the molecule is C1=C(c2cccc3ccccc23)CCCCCC1. The van der Waals surface area contributed by atoms with Gasteiger partial charge in [-0.15, -0.1) is 0 Å². The summed E-state index contributed by atoms with van der Waals surface area (Å²) in [6.07, 6.45) is 10.5. The van der Waals surface area contributed by atoms with Crippen molar-refractivity contribution in [3.63, 3.8) is 0 Å². The van der Waals surface area contributed by atoms with E-state index < -0.39 is 0 Å². The Morgan fingerprint density at radius 2 is 1.56 bits per heavy atom. The van der Waals surface area contributed by atoms with Crippen molar-refractivity contribution in [2.45, 2.75) is 38.5 Å². The monoisotopic (exact) mass is 236 g/mol. The molecule has 0 aliphatic heterocycles. The first-order chi connectivity index (χ1) is 8.95. The molecule has 0 saturated heterocycles. The Bertz CT molecular complexity index is 558. The van der Waals surface area contributed by atoms with Gasteiger partial charge >= 0.3 is 0 Å². The summed E-state index contributed by atoms with van der Waals surface area (Å²) in [5, 5.41) is 2.77. The van der Waals surface area contributed by atoms with Gasteiger partial charge in [0.1, 0.15) is 0 Å². The van der Waals surface area contributed by atoms with Gasteiger partial charge < -0.3 is 0 Å². The van der Waals surface area contributed by atoms with Gasteiger partial charge in [-0.3, -0.25) is 0 Å². The van der Waals surface area contributed by atoms with Gasteiger partial charge in [-0.25, -0.2) is 0 Å². The number of fused-ring (bicyclic) bond motifs is 1. The average Bonchev–Trinajstić information content (AvgIpc) is 2.38. The third kappa shape index (κ3) is 2.33. The van der Waals surface area contributed by atoms with Crippen molar-refractivity contribution < 1.29 is 0 Å². The van der Waals surface area contributed by atoms with Gasteiger partial charge in [-0.05, 0) is 47.6 Å². The van der Waals surface area contributed by atoms with Crippen LogP contribution in [0.25, 0.3) is 16.3 Å². The summed E-state index contributed by atoms with van der Waals surface area (Å²) in [5.74, 6) is 0. The van der Waals surface area contributed by atoms with Crippen LogP contribution in [0.1, 0.15) is 44.1 Å². The maximum absolute atomic E-state index is 2.47. The predicted octanol–water partition coefficient (Wildman–Crippen LogP) is 5.58. The molecular weight excluding hydrogens is 216 g/mol. The van der Waals surface area contributed by atoms with Gasteiger partial charge in [-0.2, -0.15) is 0 Å². The van der Waals surface area contributed by atoms with Gasteiger partial charge in [0.2, 0.25) is 0 Å². The summed E-state index contributed by atoms with van der Waals surface area (Å²) in [6, 6.07) is 15.4. The Kier molecular flexibility index (Phi) is 3.45. The zero-order valence-corrected chi connectivity index (χ0v) is 10.9. The highest BCUT2D eigenvalue weighted by Gasteiger charge is 2.07. The lowest BCUT2D eigenvalue weighted by Gasteiger charge is -2.14. The van der Waals surface area contributed by atoms with Crippen LogP contribution >= 0.6 is 0 Å². The van der Waals surface area contributed by atoms with Crippen molar-refractivity contribution >= 4 is 16.3 Å². The second-order valence-corrected chi connectivity index (χ2v) is 5.21. The summed E-state index contributed by atoms with van der Waals surface area (Å²) < 4.78 is 0. The molecule has 0 aromatic heterocycles. The second kappa shape index (κ2) is 5.39. The highest BCUT2D eigenvalue weighted by molar-refractivity contribution is 5.93. The minimum atomic E-state index is 1.24. The molecule has 0 radical (unpaired) electrons. The van der Waals surface area contributed by atoms with Crippen LogP contribution in [0.3, 0.4) is 0 Å². The van der Waals surface area contributed by atoms with Crippen LogP contribution in [0.4, 0.5) is 0 Å². The molecule has 18 heavy (non-hydrogen) atoms. The zero-order chi connectivity index (χ0) is 12.2. The Labute approximate surface area is 109 Å². The van der Waals surface area contributed by atoms with Crippen LogP contribution < -0.4 is 0 Å². The molecule has 0 atom stereocenters. The summed E-state index contributed by atoms with van der Waals surface area (Å²) in [6.45, 7) is 0. The molecule has 0 spiro atoms. The highest BCUT2D eigenvalue weighted by Crippen LogP contribution is 2.30. The van der Waals surface area contributed by atoms with Crippen LogP contribution in [0.15, 0.2) is 48.5 Å². The summed E-state index contributed by atoms with van der Waals surface area (Å²) in [5.41, 5.74) is 3.02. The molecule has 3 rings (SSSR count). The summed E-state index contributed by atoms with van der Waals surface area (Å²) in [4.78, 5) is 0. The summed E-state index contributed by atoms with van der Waals surface area (Å²) >= 11 is 0. The van der Waals surface area contributed by atoms with Crippen LogP contribution in [-0.4, -0.2) is 0 Å². The van der Waals surface area contributed by atoms with Gasteiger partial charge in [0.25, 0.3) is 0 Å². The molecule has 0 unspecified atom stereocenters. The Hall–Kier alpha value is -1.56. The van der Waals surface area contributed by atoms with E-state index in [1.807, 2.05) is 0 Å². The fourth-order valence-electron chi connectivity index (χ4n) is 2.94. The van der Waals surface area contributed by atoms with Crippen molar-refractivity contribution in [1.29, 1.82) is 0 Å². The molecule has 1 aliphatic carbocycles. The van der Waals surface area contributed by atoms with Gasteiger partial charge in [0.05, 0.1) is 0 Å². The van der Waals surface area contributed by atoms with Crippen LogP contribution in [0, 0.1) is 0 Å². The Balaban J connectivity index is 2.07. The minimum absolute atomic E-state index is 1.24. The third-order valence-electron chi connectivity index (χ3n) is 3.93. The number of benzene rings is 2. The molecule has 2 aromatic carbocycles. The molecule has 92 valence electrons. The summed E-state index contributed by atoms with van der Waals surface area (Å²) in [7, 11) is 0. The van der Waals surface area contributed by atoms with E-state index in [1.54, 1.807) is 5.57 Å². The van der Waals surface area contributed by atoms with E-state index in [0.717, 1.165) is 0 Å². The maximum Gasteiger partial charge on any atom is -0.0109 e. The molecule has 0 fully saturated rings. The number of hydrogen-bond acceptors (Lipinski definition) is 0. The van der Waals surface area contributed by atoms with E-state index in [-0.39, 0.29) is 0 Å². The molecule has 2 aromatic rings. The second-order valence-electron chi connectivity index (χ2n) is 5.21. The van der Waals surface area contributed by atoms with Crippen molar-refractivity contribution in [2.75, 3.05) is 0 Å². The number of allylic oxidation sites excluding steroid dienone is 2. The third-order valence-corrected chi connectivity index (χ3v) is 3.93. The number of hydrogen-bond donors (Lipinski definition) is 0. The molecule has 0 saturated carbocycles. The zero-order valence-electron chi connectivity index (χ0n) is 10.9. The van der Waals surface area contributed by atoms with Crippen molar-refractivity contribution in [1.82, 2.24) is 0 Å². The van der Waals surface area contributed by atoms with Crippen LogP contribution in [0.5, 0.6) is 0 Å². The standard InChI is InChI=1S/C18H20/c1-2-4-9-15(10-5-3-1)18-14-8-12-16-11-6-7-13-17(16)18/h6-9,11-14H,1-5,10H2. The first-order valence-electron chi connectivity index (χ1n) is 7.12. The smallest absolute Gasteiger partial charge is 0.0109 e. The van der Waals surface area contributed by atoms with Crippen molar-refractivity contribution in [3.05, 3.63) is 54.1 Å². The van der Waals surface area contributed by atoms with E-state index in [1.165, 1.54) is 54.9 Å². The normalized spacial score (nSPS) is 17.0. The Morgan fingerprint density at radius 3 is 2.56 bits per heavy atom. The lowest BCUT2D eigenvalue weighted by atomic mass is 9.91. The first kappa shape index (κ1) is 11.5. The highest BCUT2D eigenvalue weighted by atomic mass is 14.1. The quantitative estimate of drug-likeness (QED) is 0.606. The topological polar surface area (TPSA) is 0 Å². The van der Waals surface area contributed by atoms with E-state index in [2.05, 4.69) is 48.5 Å². The lowest BCUT2D eigenvalue weighted by Crippen LogP contribution is -1.91. The fourth-order valence-corrected chi connectivity index (χ4v) is 2.94. The fraction of sp³-hybridized carbons (Fsp3) is 0.333. The lowest BCUT2D eigenvalue weighted by molar-refractivity contribution is 0.644. The van der Waals surface area contributed by atoms with Crippen LogP contribution in [-0.2, 0) is 0 Å². The van der Waals surface area contributed by atoms with E-state index in [0.29, 0.717) is 0 Å². The van der Waals surface area contributed by atoms with Gasteiger partial charge in [0.15, 0.2) is 0 Å². The average molecular weight is 236 g/mol. The van der Waals surface area contributed by atoms with Crippen molar-refractivity contribution in [3.8, 4) is 0 Å². The van der Waals surface area contributed by atoms with E-state index >= 15 is 0 Å². The molecule has 0 nitrogen and oxygen atoms in total. The number of rotatable bonds is 1. The minimum Gasteiger partial charge on any atom is -0.0807 e. The maximum atomic E-state index is 2.47. The first-order valence-corrected chi connectivity index (χ1v) is 7.12. The molecular formula is C18H20. The largest absolute Gasteiger partial charge is 0.0807 e.